The second kappa shape index (κ2) is 11.5. The van der Waals surface area contributed by atoms with E-state index in [-0.39, 0.29) is 25.0 Å². The molecule has 0 aliphatic rings. The maximum Gasteiger partial charge on any atom is 0.261 e. The third-order valence-corrected chi connectivity index (χ3v) is 5.05. The number of unbranched alkanes of at least 4 members (excludes halogenated alkanes) is 1. The van der Waals surface area contributed by atoms with Gasteiger partial charge in [-0.3, -0.25) is 9.59 Å². The molecule has 1 unspecified atom stereocenters. The average Bonchev–Trinajstić information content (AvgIpc) is 2.72. The normalized spacial score (nSPS) is 11.6. The molecule has 156 valence electrons. The number of rotatable bonds is 10. The number of ether oxygens (including phenoxy) is 1. The van der Waals surface area contributed by atoms with Crippen molar-refractivity contribution in [3.8, 4) is 5.75 Å². The molecule has 0 aliphatic carbocycles. The molecule has 0 bridgehead atoms. The lowest BCUT2D eigenvalue weighted by atomic mass is 10.1. The molecule has 2 aromatic carbocycles. The second-order valence-electron chi connectivity index (χ2n) is 7.04. The topological polar surface area (TPSA) is 58.6 Å². The Bertz CT molecular complexity index is 808. The standard InChI is InChI=1S/C23H29ClN2O3/c1-4-5-14-25-23(28)18(3)26(15-19-8-6-7-9-21(19)24)22(27)16-29-20-12-10-17(2)11-13-20/h6-13,18H,4-5,14-16H2,1-3H3,(H,25,28). The third-order valence-electron chi connectivity index (χ3n) is 4.68. The van der Waals surface area contributed by atoms with Crippen molar-refractivity contribution in [3.05, 3.63) is 64.7 Å². The van der Waals surface area contributed by atoms with Crippen molar-refractivity contribution >= 4 is 23.4 Å². The quantitative estimate of drug-likeness (QED) is 0.585. The maximum atomic E-state index is 13.0. The number of carbonyl (C=O) groups excluding carboxylic acids is 2. The molecule has 2 aromatic rings. The first-order valence-electron chi connectivity index (χ1n) is 9.92. The Labute approximate surface area is 178 Å². The van der Waals surface area contributed by atoms with Gasteiger partial charge in [-0.15, -0.1) is 0 Å². The highest BCUT2D eigenvalue weighted by molar-refractivity contribution is 6.31. The summed E-state index contributed by atoms with van der Waals surface area (Å²) < 4.78 is 5.64. The zero-order chi connectivity index (χ0) is 21.2. The van der Waals surface area contributed by atoms with Crippen LogP contribution in [-0.4, -0.2) is 35.9 Å². The molecule has 0 aliphatic heterocycles. The van der Waals surface area contributed by atoms with Gasteiger partial charge in [0.2, 0.25) is 5.91 Å². The number of carbonyl (C=O) groups is 2. The van der Waals surface area contributed by atoms with Gasteiger partial charge < -0.3 is 15.0 Å². The summed E-state index contributed by atoms with van der Waals surface area (Å²) in [5.74, 6) is 0.152. The second-order valence-corrected chi connectivity index (χ2v) is 7.44. The zero-order valence-corrected chi connectivity index (χ0v) is 18.0. The summed E-state index contributed by atoms with van der Waals surface area (Å²) >= 11 is 6.28. The average molecular weight is 417 g/mol. The van der Waals surface area contributed by atoms with E-state index in [9.17, 15) is 9.59 Å². The molecule has 0 saturated heterocycles. The maximum absolute atomic E-state index is 13.0. The van der Waals surface area contributed by atoms with Gasteiger partial charge in [0, 0.05) is 18.1 Å². The summed E-state index contributed by atoms with van der Waals surface area (Å²) in [7, 11) is 0. The molecular weight excluding hydrogens is 388 g/mol. The van der Waals surface area contributed by atoms with E-state index in [2.05, 4.69) is 12.2 Å². The molecule has 6 heteroatoms. The van der Waals surface area contributed by atoms with Gasteiger partial charge in [-0.25, -0.2) is 0 Å². The molecular formula is C23H29ClN2O3. The minimum atomic E-state index is -0.641. The van der Waals surface area contributed by atoms with E-state index in [1.807, 2.05) is 49.4 Å². The Morgan fingerprint density at radius 1 is 1.14 bits per heavy atom. The van der Waals surface area contributed by atoms with Gasteiger partial charge in [0.05, 0.1) is 0 Å². The minimum absolute atomic E-state index is 0.153. The molecule has 2 amide bonds. The van der Waals surface area contributed by atoms with Crippen molar-refractivity contribution < 1.29 is 14.3 Å². The molecule has 0 saturated carbocycles. The SMILES string of the molecule is CCCCNC(=O)C(C)N(Cc1ccccc1Cl)C(=O)COc1ccc(C)cc1. The summed E-state index contributed by atoms with van der Waals surface area (Å²) in [5.41, 5.74) is 1.90. The summed E-state index contributed by atoms with van der Waals surface area (Å²) in [6.45, 7) is 6.44. The lowest BCUT2D eigenvalue weighted by Crippen LogP contribution is -2.49. The molecule has 5 nitrogen and oxygen atoms in total. The summed E-state index contributed by atoms with van der Waals surface area (Å²) in [5, 5.41) is 3.45. The molecule has 1 N–H and O–H groups in total. The lowest BCUT2D eigenvalue weighted by Gasteiger charge is -2.29. The van der Waals surface area contributed by atoms with Gasteiger partial charge in [0.25, 0.3) is 5.91 Å². The first kappa shape index (κ1) is 22.8. The Balaban J connectivity index is 2.11. The van der Waals surface area contributed by atoms with Crippen molar-refractivity contribution in [1.82, 2.24) is 10.2 Å². The van der Waals surface area contributed by atoms with Gasteiger partial charge in [0.15, 0.2) is 6.61 Å². The van der Waals surface area contributed by atoms with Crippen LogP contribution in [-0.2, 0) is 16.1 Å². The van der Waals surface area contributed by atoms with Crippen LogP contribution < -0.4 is 10.1 Å². The van der Waals surface area contributed by atoms with Gasteiger partial charge in [-0.1, -0.05) is 60.8 Å². The van der Waals surface area contributed by atoms with Crippen LogP contribution in [0.3, 0.4) is 0 Å². The van der Waals surface area contributed by atoms with Crippen LogP contribution in [0.25, 0.3) is 0 Å². The van der Waals surface area contributed by atoms with E-state index < -0.39 is 6.04 Å². The first-order valence-corrected chi connectivity index (χ1v) is 10.3. The first-order chi connectivity index (χ1) is 13.9. The number of amides is 2. The molecule has 2 rings (SSSR count). The van der Waals surface area contributed by atoms with Gasteiger partial charge >= 0.3 is 0 Å². The summed E-state index contributed by atoms with van der Waals surface area (Å²) in [4.78, 5) is 27.0. The van der Waals surface area contributed by atoms with Crippen molar-refractivity contribution in [3.63, 3.8) is 0 Å². The Morgan fingerprint density at radius 3 is 2.48 bits per heavy atom. The monoisotopic (exact) mass is 416 g/mol. The fraction of sp³-hybridized carbons (Fsp3) is 0.391. The van der Waals surface area contributed by atoms with Crippen LogP contribution >= 0.6 is 11.6 Å². The summed E-state index contributed by atoms with van der Waals surface area (Å²) in [6, 6.07) is 14.2. The fourth-order valence-electron chi connectivity index (χ4n) is 2.79. The molecule has 1 atom stereocenters. The Kier molecular flexibility index (Phi) is 9.00. The van der Waals surface area contributed by atoms with Crippen molar-refractivity contribution in [2.24, 2.45) is 0 Å². The molecule has 0 radical (unpaired) electrons. The van der Waals surface area contributed by atoms with Crippen LogP contribution in [0.4, 0.5) is 0 Å². The largest absolute Gasteiger partial charge is 0.484 e. The molecule has 0 spiro atoms. The molecule has 0 heterocycles. The number of hydrogen-bond donors (Lipinski definition) is 1. The van der Waals surface area contributed by atoms with E-state index in [0.717, 1.165) is 24.0 Å². The highest BCUT2D eigenvalue weighted by Gasteiger charge is 2.26. The number of hydrogen-bond acceptors (Lipinski definition) is 3. The van der Waals surface area contributed by atoms with Crippen molar-refractivity contribution in [1.29, 1.82) is 0 Å². The van der Waals surface area contributed by atoms with Crippen molar-refractivity contribution in [2.45, 2.75) is 46.2 Å². The minimum Gasteiger partial charge on any atom is -0.484 e. The molecule has 0 fully saturated rings. The third kappa shape index (κ3) is 7.09. The predicted molar refractivity (Wildman–Crippen MR) is 116 cm³/mol. The molecule has 0 aromatic heterocycles. The van der Waals surface area contributed by atoms with Crippen molar-refractivity contribution in [2.75, 3.05) is 13.2 Å². The Morgan fingerprint density at radius 2 is 1.83 bits per heavy atom. The van der Waals surface area contributed by atoms with Gasteiger partial charge in [-0.05, 0) is 44.0 Å². The van der Waals surface area contributed by atoms with Gasteiger partial charge in [0.1, 0.15) is 11.8 Å². The van der Waals surface area contributed by atoms with E-state index >= 15 is 0 Å². The van der Waals surface area contributed by atoms with Crippen LogP contribution in [0.15, 0.2) is 48.5 Å². The summed E-state index contributed by atoms with van der Waals surface area (Å²) in [6.07, 6.45) is 1.88. The number of aryl methyl sites for hydroxylation is 1. The zero-order valence-electron chi connectivity index (χ0n) is 17.3. The van der Waals surface area contributed by atoms with E-state index in [1.165, 1.54) is 4.90 Å². The van der Waals surface area contributed by atoms with Crippen LogP contribution in [0, 0.1) is 6.92 Å². The van der Waals surface area contributed by atoms with Crippen LogP contribution in [0.1, 0.15) is 37.8 Å². The predicted octanol–water partition coefficient (Wildman–Crippen LogP) is 4.36. The number of nitrogens with zero attached hydrogens (tertiary/aromatic N) is 1. The van der Waals surface area contributed by atoms with Gasteiger partial charge in [-0.2, -0.15) is 0 Å². The number of benzene rings is 2. The number of halogens is 1. The van der Waals surface area contributed by atoms with E-state index in [4.69, 9.17) is 16.3 Å². The smallest absolute Gasteiger partial charge is 0.261 e. The molecule has 29 heavy (non-hydrogen) atoms. The fourth-order valence-corrected chi connectivity index (χ4v) is 2.99. The highest BCUT2D eigenvalue weighted by atomic mass is 35.5. The highest BCUT2D eigenvalue weighted by Crippen LogP contribution is 2.19. The van der Waals surface area contributed by atoms with Crippen LogP contribution in [0.5, 0.6) is 5.75 Å². The van der Waals surface area contributed by atoms with Crippen LogP contribution in [0.2, 0.25) is 5.02 Å². The number of nitrogens with one attached hydrogen (secondary N) is 1. The van der Waals surface area contributed by atoms with E-state index in [0.29, 0.717) is 17.3 Å². The Hall–Kier alpha value is -2.53. The van der Waals surface area contributed by atoms with E-state index in [1.54, 1.807) is 13.0 Å². The lowest BCUT2D eigenvalue weighted by molar-refractivity contribution is -0.142.